The van der Waals surface area contributed by atoms with E-state index in [1.54, 1.807) is 56.7 Å². The molecule has 0 spiro atoms. The van der Waals surface area contributed by atoms with E-state index < -0.39 is 17.7 Å². The number of hydrogen-bond donors (Lipinski definition) is 2. The van der Waals surface area contributed by atoms with E-state index in [4.69, 9.17) is 9.47 Å². The normalized spacial score (nSPS) is 17.0. The predicted octanol–water partition coefficient (Wildman–Crippen LogP) is 5.13. The summed E-state index contributed by atoms with van der Waals surface area (Å²) in [5.41, 5.74) is 5.36. The van der Waals surface area contributed by atoms with Crippen LogP contribution in [0.3, 0.4) is 0 Å². The Bertz CT molecular complexity index is 1540. The number of aliphatic hydroxyl groups excluding tert-OH is 1. The summed E-state index contributed by atoms with van der Waals surface area (Å²) in [7, 11) is 3.12. The number of Topliss-reactive ketones (excluding diaryl/α,β-unsaturated/α-hetero) is 1. The number of H-pyrrole nitrogens is 1. The van der Waals surface area contributed by atoms with Crippen LogP contribution < -0.4 is 14.4 Å². The lowest BCUT2D eigenvalue weighted by Gasteiger charge is -2.23. The van der Waals surface area contributed by atoms with Gasteiger partial charge in [-0.3, -0.25) is 14.5 Å². The number of ketones is 1. The topological polar surface area (TPSA) is 105 Å². The van der Waals surface area contributed by atoms with Crippen molar-refractivity contribution in [1.82, 2.24) is 9.97 Å². The molecule has 0 bridgehead atoms. The van der Waals surface area contributed by atoms with Gasteiger partial charge in [-0.05, 0) is 85.5 Å². The molecule has 5 rings (SSSR count). The number of nitrogens with zero attached hydrogens (tertiary/aromatic N) is 2. The number of methoxy groups -OCH3 is 2. The second kappa shape index (κ2) is 9.13. The molecule has 1 aromatic heterocycles. The SMILES string of the molecule is COc1ccc(C2/C(=C(\O)c3ccc(OC)c(C)c3)C(=O)C(=O)N2c2nc3cc(C)c(C)cc3[nH]2)cc1. The molecule has 0 radical (unpaired) electrons. The van der Waals surface area contributed by atoms with Gasteiger partial charge in [0.25, 0.3) is 5.78 Å². The molecule has 1 atom stereocenters. The van der Waals surface area contributed by atoms with Crippen molar-refractivity contribution in [3.05, 3.63) is 88.0 Å². The number of hydrogen-bond acceptors (Lipinski definition) is 6. The van der Waals surface area contributed by atoms with Gasteiger partial charge in [-0.2, -0.15) is 0 Å². The summed E-state index contributed by atoms with van der Waals surface area (Å²) in [4.78, 5) is 36.1. The van der Waals surface area contributed by atoms with Crippen molar-refractivity contribution >= 4 is 34.4 Å². The summed E-state index contributed by atoms with van der Waals surface area (Å²) < 4.78 is 10.6. The first-order valence-corrected chi connectivity index (χ1v) is 11.8. The number of fused-ring (bicyclic) bond motifs is 1. The Morgan fingerprint density at radius 2 is 1.62 bits per heavy atom. The number of amides is 1. The average molecular weight is 498 g/mol. The van der Waals surface area contributed by atoms with E-state index in [0.29, 0.717) is 28.1 Å². The van der Waals surface area contributed by atoms with Gasteiger partial charge in [-0.1, -0.05) is 12.1 Å². The van der Waals surface area contributed by atoms with Crippen molar-refractivity contribution in [2.45, 2.75) is 26.8 Å². The molecule has 2 N–H and O–H groups in total. The number of nitrogens with one attached hydrogen (secondary N) is 1. The number of aromatic amines is 1. The summed E-state index contributed by atoms with van der Waals surface area (Å²) in [6.07, 6.45) is 0. The van der Waals surface area contributed by atoms with Gasteiger partial charge in [0.1, 0.15) is 17.3 Å². The van der Waals surface area contributed by atoms with Gasteiger partial charge in [-0.15, -0.1) is 0 Å². The first kappa shape index (κ1) is 24.1. The molecule has 0 saturated carbocycles. The van der Waals surface area contributed by atoms with E-state index in [1.165, 1.54) is 4.90 Å². The van der Waals surface area contributed by atoms with Crippen molar-refractivity contribution in [3.8, 4) is 11.5 Å². The summed E-state index contributed by atoms with van der Waals surface area (Å²) in [6, 6.07) is 15.1. The lowest BCUT2D eigenvalue weighted by Crippen LogP contribution is -2.30. The minimum atomic E-state index is -0.906. The molecule has 3 aromatic carbocycles. The molecule has 2 heterocycles. The molecule has 1 fully saturated rings. The molecule has 8 heteroatoms. The first-order chi connectivity index (χ1) is 17.7. The molecule has 8 nitrogen and oxygen atoms in total. The highest BCUT2D eigenvalue weighted by atomic mass is 16.5. The highest BCUT2D eigenvalue weighted by Gasteiger charge is 2.48. The Morgan fingerprint density at radius 1 is 0.919 bits per heavy atom. The smallest absolute Gasteiger partial charge is 0.302 e. The minimum absolute atomic E-state index is 0.0208. The van der Waals surface area contributed by atoms with Crippen LogP contribution in [0.4, 0.5) is 5.95 Å². The second-order valence-electron chi connectivity index (χ2n) is 9.14. The minimum Gasteiger partial charge on any atom is -0.507 e. The average Bonchev–Trinajstić information content (AvgIpc) is 3.41. The van der Waals surface area contributed by atoms with E-state index in [1.807, 2.05) is 32.9 Å². The van der Waals surface area contributed by atoms with Crippen LogP contribution in [0.25, 0.3) is 16.8 Å². The fraction of sp³-hybridized carbons (Fsp3) is 0.207. The maximum absolute atomic E-state index is 13.5. The van der Waals surface area contributed by atoms with Crippen LogP contribution >= 0.6 is 0 Å². The number of rotatable bonds is 5. The van der Waals surface area contributed by atoms with E-state index in [9.17, 15) is 14.7 Å². The van der Waals surface area contributed by atoms with Crippen LogP contribution in [0.5, 0.6) is 11.5 Å². The van der Waals surface area contributed by atoms with Gasteiger partial charge in [0, 0.05) is 5.56 Å². The Hall–Kier alpha value is -4.59. The lowest BCUT2D eigenvalue weighted by atomic mass is 9.95. The third-order valence-corrected chi connectivity index (χ3v) is 6.86. The molecule has 0 aliphatic carbocycles. The molecule has 4 aromatic rings. The van der Waals surface area contributed by atoms with Crippen LogP contribution in [-0.2, 0) is 9.59 Å². The van der Waals surface area contributed by atoms with Crippen molar-refractivity contribution in [2.24, 2.45) is 0 Å². The van der Waals surface area contributed by atoms with Crippen LogP contribution in [0.2, 0.25) is 0 Å². The largest absolute Gasteiger partial charge is 0.507 e. The van der Waals surface area contributed by atoms with E-state index in [2.05, 4.69) is 9.97 Å². The number of aryl methyl sites for hydroxylation is 3. The quantitative estimate of drug-likeness (QED) is 0.225. The highest BCUT2D eigenvalue weighted by molar-refractivity contribution is 6.51. The molecule has 188 valence electrons. The number of carbonyl (C=O) groups excluding carboxylic acids is 2. The molecule has 1 aliphatic rings. The Morgan fingerprint density at radius 3 is 2.27 bits per heavy atom. The Labute approximate surface area is 214 Å². The number of aromatic nitrogens is 2. The van der Waals surface area contributed by atoms with Crippen LogP contribution in [0.15, 0.2) is 60.2 Å². The fourth-order valence-electron chi connectivity index (χ4n) is 4.70. The molecule has 1 unspecified atom stereocenters. The standard InChI is InChI=1S/C29H27N3O5/c1-15-13-21-22(14-16(15)2)31-29(30-21)32-25(18-6-9-20(36-4)10-7-18)24(27(34)28(32)35)26(33)19-8-11-23(37-5)17(3)12-19/h6-14,25,33H,1-5H3,(H,30,31)/b26-24+. The number of benzene rings is 3. The maximum atomic E-state index is 13.5. The zero-order valence-electron chi connectivity index (χ0n) is 21.2. The fourth-order valence-corrected chi connectivity index (χ4v) is 4.70. The molecule has 1 amide bonds. The number of imidazole rings is 1. The molecular formula is C29H27N3O5. The predicted molar refractivity (Wildman–Crippen MR) is 141 cm³/mol. The molecule has 1 saturated heterocycles. The van der Waals surface area contributed by atoms with Crippen molar-refractivity contribution in [3.63, 3.8) is 0 Å². The third-order valence-electron chi connectivity index (χ3n) is 6.86. The van der Waals surface area contributed by atoms with Crippen molar-refractivity contribution < 1.29 is 24.2 Å². The number of carbonyl (C=O) groups is 2. The van der Waals surface area contributed by atoms with Crippen LogP contribution in [-0.4, -0.2) is 41.0 Å². The highest BCUT2D eigenvalue weighted by Crippen LogP contribution is 2.42. The van der Waals surface area contributed by atoms with Gasteiger partial charge < -0.3 is 19.6 Å². The zero-order valence-corrected chi connectivity index (χ0v) is 21.2. The second-order valence-corrected chi connectivity index (χ2v) is 9.14. The van der Waals surface area contributed by atoms with Crippen molar-refractivity contribution in [1.29, 1.82) is 0 Å². The maximum Gasteiger partial charge on any atom is 0.302 e. The number of anilines is 1. The number of aliphatic hydroxyl groups is 1. The monoisotopic (exact) mass is 497 g/mol. The van der Waals surface area contributed by atoms with E-state index in [0.717, 1.165) is 22.2 Å². The first-order valence-electron chi connectivity index (χ1n) is 11.8. The van der Waals surface area contributed by atoms with E-state index >= 15 is 0 Å². The van der Waals surface area contributed by atoms with Crippen molar-refractivity contribution in [2.75, 3.05) is 19.1 Å². The summed E-state index contributed by atoms with van der Waals surface area (Å²) in [5, 5.41) is 11.4. The summed E-state index contributed by atoms with van der Waals surface area (Å²) in [6.45, 7) is 5.83. The van der Waals surface area contributed by atoms with Gasteiger partial charge >= 0.3 is 5.91 Å². The molecule has 1 aliphatic heterocycles. The van der Waals surface area contributed by atoms with Gasteiger partial charge in [-0.25, -0.2) is 4.98 Å². The van der Waals surface area contributed by atoms with Crippen LogP contribution in [0.1, 0.15) is 33.9 Å². The van der Waals surface area contributed by atoms with Gasteiger partial charge in [0.05, 0.1) is 36.9 Å². The summed E-state index contributed by atoms with van der Waals surface area (Å²) in [5.74, 6) is -0.333. The lowest BCUT2D eigenvalue weighted by molar-refractivity contribution is -0.132. The van der Waals surface area contributed by atoms with Gasteiger partial charge in [0.15, 0.2) is 0 Å². The number of ether oxygens (including phenoxy) is 2. The molecular weight excluding hydrogens is 470 g/mol. The Kier molecular flexibility index (Phi) is 5.95. The van der Waals surface area contributed by atoms with Crippen LogP contribution in [0, 0.1) is 20.8 Å². The van der Waals surface area contributed by atoms with Gasteiger partial charge in [0.2, 0.25) is 5.95 Å². The third kappa shape index (κ3) is 4.00. The Balaban J connectivity index is 1.72. The summed E-state index contributed by atoms with van der Waals surface area (Å²) >= 11 is 0. The van der Waals surface area contributed by atoms with E-state index in [-0.39, 0.29) is 17.3 Å². The molecule has 37 heavy (non-hydrogen) atoms. The zero-order chi connectivity index (χ0) is 26.4.